The normalized spacial score (nSPS) is 12.2. The molecule has 0 spiro atoms. The summed E-state index contributed by atoms with van der Waals surface area (Å²) in [6, 6.07) is 14.7. The van der Waals surface area contributed by atoms with Crippen LogP contribution in [0.5, 0.6) is 17.2 Å². The van der Waals surface area contributed by atoms with E-state index in [1.807, 2.05) is 41.1 Å². The Bertz CT molecular complexity index is 1240. The van der Waals surface area contributed by atoms with Crippen molar-refractivity contribution in [2.75, 3.05) is 18.7 Å². The van der Waals surface area contributed by atoms with Crippen molar-refractivity contribution >= 4 is 17.4 Å². The van der Waals surface area contributed by atoms with Crippen LogP contribution in [0.1, 0.15) is 6.42 Å². The van der Waals surface area contributed by atoms with Crippen LogP contribution in [0.2, 0.25) is 5.02 Å². The zero-order valence-corrected chi connectivity index (χ0v) is 17.9. The lowest BCUT2D eigenvalue weighted by molar-refractivity contribution is 0.174. The topological polar surface area (TPSA) is 81.4 Å². The Morgan fingerprint density at radius 1 is 1.03 bits per heavy atom. The highest BCUT2D eigenvalue weighted by Crippen LogP contribution is 2.38. The van der Waals surface area contributed by atoms with Crippen LogP contribution in [0.4, 0.5) is 5.82 Å². The van der Waals surface area contributed by atoms with Crippen LogP contribution >= 0.6 is 11.6 Å². The van der Waals surface area contributed by atoms with Gasteiger partial charge in [-0.15, -0.1) is 0 Å². The molecule has 0 saturated carbocycles. The summed E-state index contributed by atoms with van der Waals surface area (Å²) in [5.74, 6) is 2.27. The first-order valence-electron chi connectivity index (χ1n) is 10.3. The number of benzene rings is 2. The van der Waals surface area contributed by atoms with Crippen molar-refractivity contribution in [3.05, 3.63) is 72.3 Å². The molecule has 8 heteroatoms. The third kappa shape index (κ3) is 4.33. The maximum absolute atomic E-state index is 10.4. The number of rotatable bonds is 7. The molecule has 32 heavy (non-hydrogen) atoms. The number of imidazole rings is 1. The lowest BCUT2D eigenvalue weighted by Crippen LogP contribution is -2.07. The molecule has 0 unspecified atom stereocenters. The first kappa shape index (κ1) is 20.2. The summed E-state index contributed by atoms with van der Waals surface area (Å²) in [6.45, 7) is 1.81. The van der Waals surface area contributed by atoms with Gasteiger partial charge in [0.05, 0.1) is 12.0 Å². The van der Waals surface area contributed by atoms with E-state index in [0.29, 0.717) is 27.8 Å². The number of hydrogen-bond donors (Lipinski definition) is 2. The van der Waals surface area contributed by atoms with Crippen molar-refractivity contribution in [3.63, 3.8) is 0 Å². The van der Waals surface area contributed by atoms with Crippen LogP contribution < -0.4 is 14.8 Å². The molecular formula is C24H21ClN4O3. The van der Waals surface area contributed by atoms with E-state index >= 15 is 0 Å². The van der Waals surface area contributed by atoms with E-state index in [4.69, 9.17) is 26.1 Å². The van der Waals surface area contributed by atoms with Gasteiger partial charge in [0.15, 0.2) is 11.5 Å². The average Bonchev–Trinajstić information content (AvgIpc) is 3.49. The van der Waals surface area contributed by atoms with Gasteiger partial charge >= 0.3 is 0 Å². The van der Waals surface area contributed by atoms with Crippen LogP contribution in [0.15, 0.2) is 67.3 Å². The number of fused-ring (bicyclic) bond motifs is 1. The molecular weight excluding hydrogens is 428 g/mol. The van der Waals surface area contributed by atoms with Crippen LogP contribution in [-0.4, -0.2) is 33.0 Å². The molecule has 0 radical (unpaired) electrons. The predicted molar refractivity (Wildman–Crippen MR) is 123 cm³/mol. The average molecular weight is 449 g/mol. The number of aromatic nitrogens is 3. The Kier molecular flexibility index (Phi) is 5.56. The molecule has 1 aliphatic rings. The monoisotopic (exact) mass is 448 g/mol. The van der Waals surface area contributed by atoms with E-state index in [1.54, 1.807) is 30.7 Å². The van der Waals surface area contributed by atoms with E-state index in [0.717, 1.165) is 36.4 Å². The zero-order valence-electron chi connectivity index (χ0n) is 17.2. The zero-order chi connectivity index (χ0) is 21.9. The molecule has 0 fully saturated rings. The minimum atomic E-state index is 0.121. The number of nitrogens with zero attached hydrogens (tertiary/aromatic N) is 3. The fourth-order valence-corrected chi connectivity index (χ4v) is 3.78. The van der Waals surface area contributed by atoms with Gasteiger partial charge in [0.2, 0.25) is 6.79 Å². The molecule has 0 amide bonds. The van der Waals surface area contributed by atoms with E-state index in [-0.39, 0.29) is 12.5 Å². The summed E-state index contributed by atoms with van der Waals surface area (Å²) < 4.78 is 13.0. The van der Waals surface area contributed by atoms with Crippen molar-refractivity contribution < 1.29 is 14.6 Å². The summed E-state index contributed by atoms with van der Waals surface area (Å²) in [5.41, 5.74) is 3.09. The van der Waals surface area contributed by atoms with Crippen LogP contribution in [0.25, 0.3) is 22.4 Å². The van der Waals surface area contributed by atoms with Crippen LogP contribution in [0.3, 0.4) is 0 Å². The largest absolute Gasteiger partial charge is 0.507 e. The number of aromatic hydroxyl groups is 1. The van der Waals surface area contributed by atoms with Crippen molar-refractivity contribution in [3.8, 4) is 39.6 Å². The summed E-state index contributed by atoms with van der Waals surface area (Å²) in [7, 11) is 0. The third-order valence-corrected chi connectivity index (χ3v) is 5.46. The van der Waals surface area contributed by atoms with E-state index in [1.165, 1.54) is 0 Å². The van der Waals surface area contributed by atoms with Crippen molar-refractivity contribution in [2.24, 2.45) is 0 Å². The van der Waals surface area contributed by atoms with Gasteiger partial charge in [-0.1, -0.05) is 17.7 Å². The second kappa shape index (κ2) is 8.80. The molecule has 7 nitrogen and oxygen atoms in total. The maximum atomic E-state index is 10.4. The van der Waals surface area contributed by atoms with Crippen molar-refractivity contribution in [2.45, 2.75) is 13.0 Å². The highest BCUT2D eigenvalue weighted by atomic mass is 35.5. The first-order chi connectivity index (χ1) is 15.7. The van der Waals surface area contributed by atoms with Gasteiger partial charge in [-0.25, -0.2) is 9.97 Å². The summed E-state index contributed by atoms with van der Waals surface area (Å²) in [6.07, 6.45) is 6.43. The van der Waals surface area contributed by atoms with Crippen molar-refractivity contribution in [1.82, 2.24) is 14.5 Å². The minimum Gasteiger partial charge on any atom is -0.507 e. The second-order valence-electron chi connectivity index (χ2n) is 7.44. The molecule has 4 aromatic rings. The molecule has 2 aromatic heterocycles. The molecule has 0 saturated heterocycles. The highest BCUT2D eigenvalue weighted by molar-refractivity contribution is 6.31. The Hall–Kier alpha value is -3.71. The third-order valence-electron chi connectivity index (χ3n) is 5.22. The smallest absolute Gasteiger partial charge is 0.231 e. The van der Waals surface area contributed by atoms with Gasteiger partial charge in [-0.2, -0.15) is 0 Å². The Labute approximate surface area is 190 Å². The van der Waals surface area contributed by atoms with E-state index in [2.05, 4.69) is 10.3 Å². The molecule has 0 aliphatic carbocycles. The number of anilines is 1. The van der Waals surface area contributed by atoms with Crippen molar-refractivity contribution in [1.29, 1.82) is 0 Å². The van der Waals surface area contributed by atoms with E-state index < -0.39 is 0 Å². The van der Waals surface area contributed by atoms with Gasteiger partial charge in [-0.3, -0.25) is 0 Å². The Morgan fingerprint density at radius 3 is 2.81 bits per heavy atom. The van der Waals surface area contributed by atoms with Crippen LogP contribution in [-0.2, 0) is 6.54 Å². The number of aryl methyl sites for hydroxylation is 1. The summed E-state index contributed by atoms with van der Waals surface area (Å²) in [5, 5.41) is 14.4. The molecule has 0 atom stereocenters. The number of hydrogen-bond acceptors (Lipinski definition) is 6. The fourth-order valence-electron chi connectivity index (χ4n) is 3.61. The van der Waals surface area contributed by atoms with Gasteiger partial charge in [-0.05, 0) is 60.0 Å². The number of pyridine rings is 1. The SMILES string of the molecule is Oc1ccc(Cl)cc1-c1cc(-c2ccc3c(c2)OCO3)cc(NCCCn2ccnc2)n1. The maximum Gasteiger partial charge on any atom is 0.231 e. The molecule has 1 aliphatic heterocycles. The Balaban J connectivity index is 1.46. The number of phenols is 1. The number of halogens is 1. The molecule has 3 heterocycles. The second-order valence-corrected chi connectivity index (χ2v) is 7.87. The quantitative estimate of drug-likeness (QED) is 0.378. The molecule has 5 rings (SSSR count). The van der Waals surface area contributed by atoms with Gasteiger partial charge in [0.1, 0.15) is 11.6 Å². The summed E-state index contributed by atoms with van der Waals surface area (Å²) >= 11 is 6.19. The molecule has 2 N–H and O–H groups in total. The standard InChI is InChI=1S/C24H21ClN4O3/c25-18-3-4-21(30)19(13-18)20-10-17(16-2-5-22-23(11-16)32-15-31-22)12-24(28-20)27-6-1-8-29-9-7-26-14-29/h2-5,7,9-14,30H,1,6,8,15H2,(H,27,28). The summed E-state index contributed by atoms with van der Waals surface area (Å²) in [4.78, 5) is 8.80. The minimum absolute atomic E-state index is 0.121. The molecule has 2 aromatic carbocycles. The van der Waals surface area contributed by atoms with Gasteiger partial charge in [0, 0.05) is 36.1 Å². The van der Waals surface area contributed by atoms with Crippen LogP contribution in [0, 0.1) is 0 Å². The first-order valence-corrected chi connectivity index (χ1v) is 10.6. The lowest BCUT2D eigenvalue weighted by atomic mass is 10.0. The lowest BCUT2D eigenvalue weighted by Gasteiger charge is -2.13. The number of nitrogens with one attached hydrogen (secondary N) is 1. The molecule has 0 bridgehead atoms. The Morgan fingerprint density at radius 2 is 1.94 bits per heavy atom. The molecule has 162 valence electrons. The van der Waals surface area contributed by atoms with Gasteiger partial charge < -0.3 is 24.5 Å². The van der Waals surface area contributed by atoms with E-state index in [9.17, 15) is 5.11 Å². The number of phenolic OH excluding ortho intramolecular Hbond substituents is 1. The van der Waals surface area contributed by atoms with Gasteiger partial charge in [0.25, 0.3) is 0 Å². The predicted octanol–water partition coefficient (Wildman–Crippen LogP) is 5.20. The fraction of sp³-hybridized carbons (Fsp3) is 0.167. The highest BCUT2D eigenvalue weighted by Gasteiger charge is 2.16. The number of ether oxygens (including phenoxy) is 2.